The molecule has 0 saturated carbocycles. The summed E-state index contributed by atoms with van der Waals surface area (Å²) in [7, 11) is 7.03. The van der Waals surface area contributed by atoms with Gasteiger partial charge in [0.2, 0.25) is 0 Å². The van der Waals surface area contributed by atoms with Gasteiger partial charge in [-0.2, -0.15) is 0 Å². The van der Waals surface area contributed by atoms with Crippen LogP contribution in [0.3, 0.4) is 0 Å². The predicted molar refractivity (Wildman–Crippen MR) is 114 cm³/mol. The van der Waals surface area contributed by atoms with Gasteiger partial charge in [-0.1, -0.05) is 6.07 Å². The molecule has 7 heteroatoms. The standard InChI is InChI=1S/C23H32N2O5/c1-24(13-11-17-7-9-20(28-3)22(14-17)29-4)18-6-5-12-25(15-18)23(26)21-10-8-19(30-21)16-27-2/h7-10,14,18H,5-6,11-13,15-16H2,1-4H3/t18-/m1/s1. The van der Waals surface area contributed by atoms with Crippen molar-refractivity contribution in [1.29, 1.82) is 0 Å². The van der Waals surface area contributed by atoms with Gasteiger partial charge in [0.1, 0.15) is 12.4 Å². The Labute approximate surface area is 178 Å². The summed E-state index contributed by atoms with van der Waals surface area (Å²) in [5, 5.41) is 0. The van der Waals surface area contributed by atoms with E-state index in [1.807, 2.05) is 17.0 Å². The molecule has 1 aliphatic rings. The summed E-state index contributed by atoms with van der Waals surface area (Å²) in [4.78, 5) is 17.1. The van der Waals surface area contributed by atoms with E-state index in [0.29, 0.717) is 30.7 Å². The van der Waals surface area contributed by atoms with Crippen LogP contribution in [0, 0.1) is 0 Å². The van der Waals surface area contributed by atoms with Crippen molar-refractivity contribution < 1.29 is 23.4 Å². The quantitative estimate of drug-likeness (QED) is 0.625. The number of carbonyl (C=O) groups is 1. The number of ether oxygens (including phenoxy) is 3. The van der Waals surface area contributed by atoms with Crippen LogP contribution in [0.5, 0.6) is 11.5 Å². The highest BCUT2D eigenvalue weighted by Gasteiger charge is 2.28. The van der Waals surface area contributed by atoms with Crippen LogP contribution in [-0.4, -0.2) is 69.8 Å². The first-order chi connectivity index (χ1) is 14.5. The molecule has 1 aromatic carbocycles. The maximum Gasteiger partial charge on any atom is 0.289 e. The topological polar surface area (TPSA) is 64.4 Å². The fraction of sp³-hybridized carbons (Fsp3) is 0.522. The van der Waals surface area contributed by atoms with Gasteiger partial charge in [0.15, 0.2) is 17.3 Å². The van der Waals surface area contributed by atoms with E-state index >= 15 is 0 Å². The molecule has 1 aliphatic heterocycles. The molecule has 2 aromatic rings. The second-order valence-corrected chi connectivity index (χ2v) is 7.67. The molecule has 3 rings (SSSR count). The highest BCUT2D eigenvalue weighted by Crippen LogP contribution is 2.28. The molecule has 30 heavy (non-hydrogen) atoms. The maximum absolute atomic E-state index is 12.8. The van der Waals surface area contributed by atoms with Crippen molar-refractivity contribution in [2.75, 3.05) is 48.0 Å². The first-order valence-corrected chi connectivity index (χ1v) is 10.3. The molecular formula is C23H32N2O5. The number of methoxy groups -OCH3 is 3. The van der Waals surface area contributed by atoms with Crippen molar-refractivity contribution in [1.82, 2.24) is 9.80 Å². The Balaban J connectivity index is 1.56. The molecular weight excluding hydrogens is 384 g/mol. The van der Waals surface area contributed by atoms with E-state index in [4.69, 9.17) is 18.6 Å². The number of hydrogen-bond acceptors (Lipinski definition) is 6. The van der Waals surface area contributed by atoms with E-state index < -0.39 is 0 Å². The Morgan fingerprint density at radius 3 is 2.70 bits per heavy atom. The van der Waals surface area contributed by atoms with Crippen LogP contribution in [0.2, 0.25) is 0 Å². The van der Waals surface area contributed by atoms with E-state index in [-0.39, 0.29) is 5.91 Å². The van der Waals surface area contributed by atoms with Crippen LogP contribution in [0.1, 0.15) is 34.7 Å². The molecule has 0 radical (unpaired) electrons. The third kappa shape index (κ3) is 5.34. The Bertz CT molecular complexity index is 835. The molecule has 0 bridgehead atoms. The number of piperidine rings is 1. The summed E-state index contributed by atoms with van der Waals surface area (Å²) >= 11 is 0. The van der Waals surface area contributed by atoms with Gasteiger partial charge in [0.25, 0.3) is 5.91 Å². The second kappa shape index (κ2) is 10.5. The van der Waals surface area contributed by atoms with Crippen LogP contribution >= 0.6 is 0 Å². The maximum atomic E-state index is 12.8. The summed E-state index contributed by atoms with van der Waals surface area (Å²) in [5.74, 6) is 2.49. The fourth-order valence-electron chi connectivity index (χ4n) is 3.89. The van der Waals surface area contributed by atoms with Gasteiger partial charge < -0.3 is 28.4 Å². The zero-order chi connectivity index (χ0) is 21.5. The molecule has 1 aromatic heterocycles. The molecule has 0 unspecified atom stereocenters. The fourth-order valence-corrected chi connectivity index (χ4v) is 3.89. The van der Waals surface area contributed by atoms with Gasteiger partial charge in [-0.15, -0.1) is 0 Å². The third-order valence-electron chi connectivity index (χ3n) is 5.67. The predicted octanol–water partition coefficient (Wildman–Crippen LogP) is 3.22. The number of likely N-dealkylation sites (N-methyl/N-ethyl adjacent to an activating group) is 1. The minimum atomic E-state index is -0.0460. The lowest BCUT2D eigenvalue weighted by molar-refractivity contribution is 0.0575. The van der Waals surface area contributed by atoms with Crippen molar-refractivity contribution in [3.8, 4) is 11.5 Å². The molecule has 2 heterocycles. The molecule has 1 fully saturated rings. The second-order valence-electron chi connectivity index (χ2n) is 7.67. The number of nitrogens with zero attached hydrogens (tertiary/aromatic N) is 2. The lowest BCUT2D eigenvalue weighted by Gasteiger charge is -2.37. The van der Waals surface area contributed by atoms with E-state index in [2.05, 4.69) is 18.0 Å². The lowest BCUT2D eigenvalue weighted by Crippen LogP contribution is -2.49. The third-order valence-corrected chi connectivity index (χ3v) is 5.67. The van der Waals surface area contributed by atoms with Crippen molar-refractivity contribution in [2.24, 2.45) is 0 Å². The minimum absolute atomic E-state index is 0.0460. The molecule has 164 valence electrons. The zero-order valence-electron chi connectivity index (χ0n) is 18.3. The van der Waals surface area contributed by atoms with Crippen LogP contribution in [0.15, 0.2) is 34.7 Å². The summed E-state index contributed by atoms with van der Waals surface area (Å²) in [6.45, 7) is 2.75. The number of amides is 1. The van der Waals surface area contributed by atoms with E-state index in [1.54, 1.807) is 33.5 Å². The van der Waals surface area contributed by atoms with E-state index in [0.717, 1.165) is 43.9 Å². The molecule has 7 nitrogen and oxygen atoms in total. The lowest BCUT2D eigenvalue weighted by atomic mass is 10.0. The SMILES string of the molecule is COCc1ccc(C(=O)N2CCC[C@@H](N(C)CCc3ccc(OC)c(OC)c3)C2)o1. The highest BCUT2D eigenvalue weighted by molar-refractivity contribution is 5.91. The smallest absolute Gasteiger partial charge is 0.289 e. The molecule has 1 amide bonds. The van der Waals surface area contributed by atoms with Gasteiger partial charge in [-0.25, -0.2) is 0 Å². The highest BCUT2D eigenvalue weighted by atomic mass is 16.5. The molecule has 0 spiro atoms. The number of likely N-dealkylation sites (tertiary alicyclic amines) is 1. The van der Waals surface area contributed by atoms with Gasteiger partial charge in [0.05, 0.1) is 14.2 Å². The van der Waals surface area contributed by atoms with Gasteiger partial charge >= 0.3 is 0 Å². The van der Waals surface area contributed by atoms with Gasteiger partial charge in [0, 0.05) is 32.8 Å². The van der Waals surface area contributed by atoms with Crippen molar-refractivity contribution in [3.05, 3.63) is 47.4 Å². The number of rotatable bonds is 9. The average molecular weight is 417 g/mol. The minimum Gasteiger partial charge on any atom is -0.493 e. The Kier molecular flexibility index (Phi) is 7.76. The zero-order valence-corrected chi connectivity index (χ0v) is 18.3. The van der Waals surface area contributed by atoms with Crippen LogP contribution in [0.4, 0.5) is 0 Å². The van der Waals surface area contributed by atoms with Crippen LogP contribution < -0.4 is 9.47 Å². The molecule has 0 aliphatic carbocycles. The van der Waals surface area contributed by atoms with E-state index in [9.17, 15) is 4.79 Å². The van der Waals surface area contributed by atoms with Crippen molar-refractivity contribution in [2.45, 2.75) is 31.9 Å². The van der Waals surface area contributed by atoms with E-state index in [1.165, 1.54) is 5.56 Å². The Hall–Kier alpha value is -2.51. The number of benzene rings is 1. The number of furan rings is 1. The van der Waals surface area contributed by atoms with Gasteiger partial charge in [-0.05, 0) is 56.1 Å². The molecule has 1 atom stereocenters. The largest absolute Gasteiger partial charge is 0.493 e. The van der Waals surface area contributed by atoms with Crippen molar-refractivity contribution in [3.63, 3.8) is 0 Å². The normalized spacial score (nSPS) is 16.7. The average Bonchev–Trinajstić information content (AvgIpc) is 3.25. The summed E-state index contributed by atoms with van der Waals surface area (Å²) < 4.78 is 21.4. The van der Waals surface area contributed by atoms with Crippen molar-refractivity contribution >= 4 is 5.91 Å². The number of carbonyl (C=O) groups excluding carboxylic acids is 1. The summed E-state index contributed by atoms with van der Waals surface area (Å²) in [5.41, 5.74) is 1.20. The number of hydrogen-bond donors (Lipinski definition) is 0. The Morgan fingerprint density at radius 2 is 1.97 bits per heavy atom. The van der Waals surface area contributed by atoms with Gasteiger partial charge in [-0.3, -0.25) is 4.79 Å². The Morgan fingerprint density at radius 1 is 1.17 bits per heavy atom. The van der Waals surface area contributed by atoms with Crippen LogP contribution in [0.25, 0.3) is 0 Å². The first kappa shape index (κ1) is 22.2. The summed E-state index contributed by atoms with van der Waals surface area (Å²) in [6, 6.07) is 9.90. The monoisotopic (exact) mass is 416 g/mol. The first-order valence-electron chi connectivity index (χ1n) is 10.3. The molecule has 1 saturated heterocycles. The van der Waals surface area contributed by atoms with Crippen LogP contribution in [-0.2, 0) is 17.8 Å². The summed E-state index contributed by atoms with van der Waals surface area (Å²) in [6.07, 6.45) is 2.97. The molecule has 0 N–H and O–H groups in total.